The molecule has 4 nitrogen and oxygen atoms in total. The molecule has 0 aliphatic rings. The van der Waals surface area contributed by atoms with Crippen LogP contribution in [0, 0.1) is 26.2 Å². The van der Waals surface area contributed by atoms with E-state index < -0.39 is 16.1 Å². The first-order valence-electron chi connectivity index (χ1n) is 6.17. The van der Waals surface area contributed by atoms with Crippen LogP contribution < -0.4 is 10.5 Å². The SMILES string of the molecule is C#CC(CCC)NS(=O)(=O)c1cc(C)c(C)c(N)c1. The summed E-state index contributed by atoms with van der Waals surface area (Å²) in [4.78, 5) is 0.157. The normalized spacial score (nSPS) is 12.9. The van der Waals surface area contributed by atoms with Gasteiger partial charge in [0.25, 0.3) is 0 Å². The molecule has 0 aliphatic carbocycles. The lowest BCUT2D eigenvalue weighted by Crippen LogP contribution is -2.33. The summed E-state index contributed by atoms with van der Waals surface area (Å²) in [6.07, 6.45) is 6.75. The highest BCUT2D eigenvalue weighted by Gasteiger charge is 2.19. The van der Waals surface area contributed by atoms with Crippen molar-refractivity contribution in [2.24, 2.45) is 0 Å². The van der Waals surface area contributed by atoms with Gasteiger partial charge in [0.15, 0.2) is 0 Å². The van der Waals surface area contributed by atoms with E-state index in [1.165, 1.54) is 6.07 Å². The lowest BCUT2D eigenvalue weighted by Gasteiger charge is -2.14. The average Bonchev–Trinajstić information content (AvgIpc) is 2.34. The summed E-state index contributed by atoms with van der Waals surface area (Å²) in [5, 5.41) is 0. The van der Waals surface area contributed by atoms with Gasteiger partial charge >= 0.3 is 0 Å². The van der Waals surface area contributed by atoms with Gasteiger partial charge in [-0.3, -0.25) is 0 Å². The number of benzene rings is 1. The van der Waals surface area contributed by atoms with Crippen LogP contribution in [0.1, 0.15) is 30.9 Å². The van der Waals surface area contributed by atoms with Gasteiger partial charge in [0.2, 0.25) is 10.0 Å². The molecule has 0 saturated heterocycles. The molecule has 0 radical (unpaired) electrons. The maximum absolute atomic E-state index is 12.2. The fraction of sp³-hybridized carbons (Fsp3) is 0.429. The van der Waals surface area contributed by atoms with Crippen LogP contribution in [0.25, 0.3) is 0 Å². The first-order valence-corrected chi connectivity index (χ1v) is 7.65. The molecule has 0 aliphatic heterocycles. The summed E-state index contributed by atoms with van der Waals surface area (Å²) < 4.78 is 27.0. The first-order chi connectivity index (χ1) is 8.81. The molecule has 104 valence electrons. The predicted octanol–water partition coefficient (Wildman–Crippen LogP) is 1.97. The fourth-order valence-corrected chi connectivity index (χ4v) is 3.04. The number of anilines is 1. The Morgan fingerprint density at radius 3 is 2.53 bits per heavy atom. The number of aryl methyl sites for hydroxylation is 1. The Morgan fingerprint density at radius 2 is 2.05 bits per heavy atom. The van der Waals surface area contributed by atoms with Gasteiger partial charge in [0.1, 0.15) is 0 Å². The van der Waals surface area contributed by atoms with Crippen LogP contribution in [0.5, 0.6) is 0 Å². The number of sulfonamides is 1. The molecule has 1 atom stereocenters. The maximum atomic E-state index is 12.2. The molecule has 1 aromatic rings. The molecule has 3 N–H and O–H groups in total. The van der Waals surface area contributed by atoms with Crippen molar-refractivity contribution in [2.75, 3.05) is 5.73 Å². The standard InChI is InChI=1S/C14H20N2O2S/c1-5-7-12(6-2)16-19(17,18)13-8-10(3)11(4)14(15)9-13/h2,8-9,12,16H,5,7,15H2,1,3-4H3. The van der Waals surface area contributed by atoms with Crippen LogP contribution >= 0.6 is 0 Å². The van der Waals surface area contributed by atoms with E-state index in [4.69, 9.17) is 12.2 Å². The van der Waals surface area contributed by atoms with Gasteiger partial charge in [-0.25, -0.2) is 8.42 Å². The number of nitrogen functional groups attached to an aromatic ring is 1. The van der Waals surface area contributed by atoms with Crippen molar-refractivity contribution < 1.29 is 8.42 Å². The molecular weight excluding hydrogens is 260 g/mol. The van der Waals surface area contributed by atoms with Crippen LogP contribution in [0.4, 0.5) is 5.69 Å². The maximum Gasteiger partial charge on any atom is 0.241 e. The fourth-order valence-electron chi connectivity index (χ4n) is 1.73. The zero-order valence-corrected chi connectivity index (χ0v) is 12.3. The van der Waals surface area contributed by atoms with Crippen LogP contribution in [-0.2, 0) is 10.0 Å². The van der Waals surface area contributed by atoms with E-state index in [2.05, 4.69) is 10.6 Å². The van der Waals surface area contributed by atoms with Gasteiger partial charge in [-0.2, -0.15) is 4.72 Å². The van der Waals surface area contributed by atoms with Crippen LogP contribution in [-0.4, -0.2) is 14.5 Å². The first kappa shape index (κ1) is 15.5. The highest BCUT2D eigenvalue weighted by molar-refractivity contribution is 7.89. The summed E-state index contributed by atoms with van der Waals surface area (Å²) >= 11 is 0. The third-order valence-electron chi connectivity index (χ3n) is 3.07. The summed E-state index contributed by atoms with van der Waals surface area (Å²) in [7, 11) is -3.63. The van der Waals surface area contributed by atoms with E-state index >= 15 is 0 Å². The number of hydrogen-bond donors (Lipinski definition) is 2. The Hall–Kier alpha value is -1.51. The molecule has 0 saturated carbocycles. The van der Waals surface area contributed by atoms with Crippen molar-refractivity contribution in [1.29, 1.82) is 0 Å². The Labute approximate surface area is 115 Å². The molecule has 1 rings (SSSR count). The second-order valence-corrected chi connectivity index (χ2v) is 6.30. The molecule has 0 bridgehead atoms. The minimum absolute atomic E-state index is 0.157. The predicted molar refractivity (Wildman–Crippen MR) is 78.2 cm³/mol. The van der Waals surface area contributed by atoms with Gasteiger partial charge < -0.3 is 5.73 Å². The lowest BCUT2D eigenvalue weighted by atomic mass is 10.1. The van der Waals surface area contributed by atoms with Crippen molar-refractivity contribution in [3.63, 3.8) is 0 Å². The minimum Gasteiger partial charge on any atom is -0.398 e. The number of rotatable bonds is 5. The second-order valence-electron chi connectivity index (χ2n) is 4.58. The summed E-state index contributed by atoms with van der Waals surface area (Å²) in [5.74, 6) is 2.45. The Morgan fingerprint density at radius 1 is 1.42 bits per heavy atom. The van der Waals surface area contributed by atoms with Crippen molar-refractivity contribution in [3.05, 3.63) is 23.3 Å². The van der Waals surface area contributed by atoms with Crippen LogP contribution in [0.2, 0.25) is 0 Å². The molecule has 0 fully saturated rings. The van der Waals surface area contributed by atoms with E-state index in [9.17, 15) is 8.42 Å². The third-order valence-corrected chi connectivity index (χ3v) is 4.52. The molecular formula is C14H20N2O2S. The molecule has 1 aromatic carbocycles. The summed E-state index contributed by atoms with van der Waals surface area (Å²) in [5.41, 5.74) is 8.00. The van der Waals surface area contributed by atoms with Crippen LogP contribution in [0.15, 0.2) is 17.0 Å². The van der Waals surface area contributed by atoms with Gasteiger partial charge in [-0.05, 0) is 43.5 Å². The van der Waals surface area contributed by atoms with Gasteiger partial charge in [0.05, 0.1) is 10.9 Å². The molecule has 0 aromatic heterocycles. The third kappa shape index (κ3) is 3.72. The summed E-state index contributed by atoms with van der Waals surface area (Å²) in [6, 6.07) is 2.58. The zero-order valence-electron chi connectivity index (χ0n) is 11.5. The smallest absolute Gasteiger partial charge is 0.241 e. The largest absolute Gasteiger partial charge is 0.398 e. The Balaban J connectivity index is 3.11. The Bertz CT molecular complexity index is 577. The van der Waals surface area contributed by atoms with E-state index in [0.29, 0.717) is 12.1 Å². The van der Waals surface area contributed by atoms with Gasteiger partial charge in [0, 0.05) is 5.69 Å². The summed E-state index contributed by atoms with van der Waals surface area (Å²) in [6.45, 7) is 5.64. The minimum atomic E-state index is -3.63. The second kappa shape index (κ2) is 6.09. The number of terminal acetylenes is 1. The molecule has 5 heteroatoms. The van der Waals surface area contributed by atoms with E-state index in [1.807, 2.05) is 20.8 Å². The van der Waals surface area contributed by atoms with E-state index in [0.717, 1.165) is 17.5 Å². The zero-order chi connectivity index (χ0) is 14.6. The highest BCUT2D eigenvalue weighted by Crippen LogP contribution is 2.21. The van der Waals surface area contributed by atoms with Crippen LogP contribution in [0.3, 0.4) is 0 Å². The highest BCUT2D eigenvalue weighted by atomic mass is 32.2. The molecule has 0 spiro atoms. The molecule has 0 amide bonds. The van der Waals surface area contributed by atoms with Gasteiger partial charge in [-0.1, -0.05) is 19.3 Å². The number of nitrogens with two attached hydrogens (primary N) is 1. The number of nitrogens with one attached hydrogen (secondary N) is 1. The monoisotopic (exact) mass is 280 g/mol. The van der Waals surface area contributed by atoms with Crippen molar-refractivity contribution in [3.8, 4) is 12.3 Å². The Kier molecular flexibility index (Phi) is 4.98. The quantitative estimate of drug-likeness (QED) is 0.640. The van der Waals surface area contributed by atoms with Crippen molar-refractivity contribution in [1.82, 2.24) is 4.72 Å². The van der Waals surface area contributed by atoms with Crippen molar-refractivity contribution in [2.45, 2.75) is 44.6 Å². The lowest BCUT2D eigenvalue weighted by molar-refractivity contribution is 0.564. The average molecular weight is 280 g/mol. The van der Waals surface area contributed by atoms with Gasteiger partial charge in [-0.15, -0.1) is 6.42 Å². The topological polar surface area (TPSA) is 72.2 Å². The van der Waals surface area contributed by atoms with E-state index in [1.54, 1.807) is 6.07 Å². The van der Waals surface area contributed by atoms with Crippen molar-refractivity contribution >= 4 is 15.7 Å². The molecule has 0 heterocycles. The molecule has 19 heavy (non-hydrogen) atoms. The van der Waals surface area contributed by atoms with E-state index in [-0.39, 0.29) is 4.90 Å². The number of hydrogen-bond acceptors (Lipinski definition) is 3. The molecule has 1 unspecified atom stereocenters.